The van der Waals surface area contributed by atoms with Gasteiger partial charge in [-0.1, -0.05) is 6.07 Å². The standard InChI is InChI=1S/C27H38N4O5/c1-16-11-20(14-30(7)25(16)33)24-29-21-12-19(9-10-22(21)31(24)17(2)15-35-8)13-28-23(18(3)32)26(34)36-27(4,5)6/h9-12,14,17-18,23,28,32H,13,15H2,1-8H3/t17?,18-,23+/m1/s1. The molecule has 2 aromatic heterocycles. The van der Waals surface area contributed by atoms with Gasteiger partial charge in [0.1, 0.15) is 17.5 Å². The average Bonchev–Trinajstić information content (AvgIpc) is 3.15. The monoisotopic (exact) mass is 498 g/mol. The number of fused-ring (bicyclic) bond motifs is 1. The molecule has 196 valence electrons. The van der Waals surface area contributed by atoms with Crippen LogP contribution in [0.25, 0.3) is 22.4 Å². The summed E-state index contributed by atoms with van der Waals surface area (Å²) < 4.78 is 14.6. The number of methoxy groups -OCH3 is 1. The number of aromatic nitrogens is 3. The van der Waals surface area contributed by atoms with Gasteiger partial charge < -0.3 is 23.7 Å². The number of nitrogens with one attached hydrogen (secondary N) is 1. The Bertz CT molecular complexity index is 1260. The lowest BCUT2D eigenvalue weighted by Gasteiger charge is -2.26. The molecule has 2 N–H and O–H groups in total. The summed E-state index contributed by atoms with van der Waals surface area (Å²) in [5.41, 5.74) is 3.42. The van der Waals surface area contributed by atoms with Crippen molar-refractivity contribution in [1.82, 2.24) is 19.4 Å². The number of aliphatic hydroxyl groups is 1. The van der Waals surface area contributed by atoms with Gasteiger partial charge in [0.2, 0.25) is 0 Å². The molecule has 0 aliphatic heterocycles. The second kappa shape index (κ2) is 10.9. The highest BCUT2D eigenvalue weighted by Crippen LogP contribution is 2.29. The van der Waals surface area contributed by atoms with E-state index in [9.17, 15) is 14.7 Å². The van der Waals surface area contributed by atoms with Gasteiger partial charge in [0, 0.05) is 38.0 Å². The SMILES string of the molecule is COCC(C)n1c(-c2cc(C)c(=O)n(C)c2)nc2cc(CN[C@H](C(=O)OC(C)(C)C)[C@@H](C)O)ccc21. The van der Waals surface area contributed by atoms with E-state index in [2.05, 4.69) is 16.8 Å². The van der Waals surface area contributed by atoms with Crippen LogP contribution in [0.3, 0.4) is 0 Å². The van der Waals surface area contributed by atoms with Gasteiger partial charge in [-0.15, -0.1) is 0 Å². The first kappa shape index (κ1) is 27.6. The molecule has 2 heterocycles. The van der Waals surface area contributed by atoms with Crippen LogP contribution in [0.15, 0.2) is 35.3 Å². The number of benzene rings is 1. The third-order valence-electron chi connectivity index (χ3n) is 5.89. The van der Waals surface area contributed by atoms with Gasteiger partial charge in [0.15, 0.2) is 0 Å². The van der Waals surface area contributed by atoms with Gasteiger partial charge in [-0.3, -0.25) is 14.9 Å². The highest BCUT2D eigenvalue weighted by Gasteiger charge is 2.28. The number of pyridine rings is 1. The number of nitrogens with zero attached hydrogens (tertiary/aromatic N) is 3. The topological polar surface area (TPSA) is 108 Å². The molecule has 3 aromatic rings. The number of carbonyl (C=O) groups excluding carboxylic acids is 1. The largest absolute Gasteiger partial charge is 0.459 e. The fraction of sp³-hybridized carbons (Fsp3) is 0.519. The van der Waals surface area contributed by atoms with E-state index < -0.39 is 23.7 Å². The predicted octanol–water partition coefficient (Wildman–Crippen LogP) is 3.10. The number of aryl methyl sites for hydroxylation is 2. The Kier molecular flexibility index (Phi) is 8.38. The smallest absolute Gasteiger partial charge is 0.326 e. The lowest BCUT2D eigenvalue weighted by Crippen LogP contribution is -2.47. The van der Waals surface area contributed by atoms with Gasteiger partial charge in [-0.2, -0.15) is 0 Å². The Morgan fingerprint density at radius 1 is 1.22 bits per heavy atom. The van der Waals surface area contributed by atoms with Gasteiger partial charge in [0.05, 0.1) is 29.8 Å². The molecule has 0 bridgehead atoms. The number of rotatable bonds is 9. The van der Waals surface area contributed by atoms with Crippen molar-refractivity contribution in [1.29, 1.82) is 0 Å². The highest BCUT2D eigenvalue weighted by molar-refractivity contribution is 5.82. The van der Waals surface area contributed by atoms with Crippen molar-refractivity contribution in [2.45, 2.75) is 71.9 Å². The molecule has 36 heavy (non-hydrogen) atoms. The van der Waals surface area contributed by atoms with E-state index in [1.807, 2.05) is 24.3 Å². The maximum absolute atomic E-state index is 12.6. The molecule has 9 nitrogen and oxygen atoms in total. The lowest BCUT2D eigenvalue weighted by molar-refractivity contribution is -0.160. The van der Waals surface area contributed by atoms with E-state index in [0.717, 1.165) is 28.0 Å². The molecule has 0 radical (unpaired) electrons. The molecule has 3 atom stereocenters. The summed E-state index contributed by atoms with van der Waals surface area (Å²) in [6, 6.07) is 6.93. The minimum Gasteiger partial charge on any atom is -0.459 e. The van der Waals surface area contributed by atoms with Crippen LogP contribution in [-0.4, -0.2) is 56.7 Å². The number of ether oxygens (including phenoxy) is 2. The van der Waals surface area contributed by atoms with Crippen LogP contribution in [0.4, 0.5) is 0 Å². The van der Waals surface area contributed by atoms with Gasteiger partial charge >= 0.3 is 5.97 Å². The first-order valence-corrected chi connectivity index (χ1v) is 12.1. The number of hydrogen-bond acceptors (Lipinski definition) is 7. The zero-order chi connectivity index (χ0) is 26.8. The Labute approximate surface area is 212 Å². The van der Waals surface area contributed by atoms with Crippen molar-refractivity contribution < 1.29 is 19.4 Å². The second-order valence-electron chi connectivity index (χ2n) is 10.4. The highest BCUT2D eigenvalue weighted by atomic mass is 16.6. The van der Waals surface area contributed by atoms with Gasteiger partial charge in [0.25, 0.3) is 5.56 Å². The number of aliphatic hydroxyl groups excluding tert-OH is 1. The summed E-state index contributed by atoms with van der Waals surface area (Å²) in [6.07, 6.45) is 0.876. The summed E-state index contributed by atoms with van der Waals surface area (Å²) in [6.45, 7) is 11.6. The average molecular weight is 499 g/mol. The summed E-state index contributed by atoms with van der Waals surface area (Å²) >= 11 is 0. The molecule has 0 amide bonds. The van der Waals surface area contributed by atoms with Crippen LogP contribution in [0, 0.1) is 6.92 Å². The van der Waals surface area contributed by atoms with Crippen molar-refractivity contribution in [3.05, 3.63) is 51.9 Å². The maximum atomic E-state index is 12.6. The molecule has 9 heteroatoms. The minimum atomic E-state index is -0.919. The molecule has 0 aliphatic carbocycles. The molecule has 1 unspecified atom stereocenters. The van der Waals surface area contributed by atoms with Crippen LogP contribution in [0.2, 0.25) is 0 Å². The third kappa shape index (κ3) is 6.21. The Morgan fingerprint density at radius 2 is 1.92 bits per heavy atom. The van der Waals surface area contributed by atoms with Crippen molar-refractivity contribution in [3.8, 4) is 11.4 Å². The number of imidazole rings is 1. The molecule has 0 saturated carbocycles. The van der Waals surface area contributed by atoms with Crippen LogP contribution in [0.5, 0.6) is 0 Å². The van der Waals surface area contributed by atoms with Crippen LogP contribution < -0.4 is 10.9 Å². The van der Waals surface area contributed by atoms with E-state index in [1.165, 1.54) is 0 Å². The first-order chi connectivity index (χ1) is 16.8. The zero-order valence-electron chi connectivity index (χ0n) is 22.5. The quantitative estimate of drug-likeness (QED) is 0.437. The van der Waals surface area contributed by atoms with E-state index in [4.69, 9.17) is 14.5 Å². The van der Waals surface area contributed by atoms with E-state index in [-0.39, 0.29) is 11.6 Å². The molecular weight excluding hydrogens is 460 g/mol. The summed E-state index contributed by atoms with van der Waals surface area (Å²) in [7, 11) is 3.40. The summed E-state index contributed by atoms with van der Waals surface area (Å²) in [5, 5.41) is 13.3. The number of hydrogen-bond donors (Lipinski definition) is 2. The van der Waals surface area contributed by atoms with Gasteiger partial charge in [-0.05, 0) is 65.3 Å². The molecule has 1 aromatic carbocycles. The maximum Gasteiger partial charge on any atom is 0.326 e. The van der Waals surface area contributed by atoms with Crippen LogP contribution >= 0.6 is 0 Å². The van der Waals surface area contributed by atoms with E-state index in [0.29, 0.717) is 18.7 Å². The summed E-state index contributed by atoms with van der Waals surface area (Å²) in [4.78, 5) is 29.7. The molecule has 0 aliphatic rings. The number of esters is 1. The fourth-order valence-electron chi connectivity index (χ4n) is 4.26. The van der Waals surface area contributed by atoms with Gasteiger partial charge in [-0.25, -0.2) is 4.98 Å². The number of carbonyl (C=O) groups is 1. The normalized spacial score (nSPS) is 14.6. The fourth-order valence-corrected chi connectivity index (χ4v) is 4.26. The molecule has 0 fully saturated rings. The van der Waals surface area contributed by atoms with Crippen LogP contribution in [0.1, 0.15) is 51.8 Å². The molecule has 0 spiro atoms. The Hall–Kier alpha value is -3.01. The van der Waals surface area contributed by atoms with Crippen molar-refractivity contribution >= 4 is 17.0 Å². The molecule has 3 rings (SSSR count). The Balaban J connectivity index is 1.98. The van der Waals surface area contributed by atoms with Crippen molar-refractivity contribution in [2.75, 3.05) is 13.7 Å². The zero-order valence-corrected chi connectivity index (χ0v) is 22.5. The van der Waals surface area contributed by atoms with E-state index >= 15 is 0 Å². The molecule has 0 saturated heterocycles. The second-order valence-corrected chi connectivity index (χ2v) is 10.4. The van der Waals surface area contributed by atoms with Crippen molar-refractivity contribution in [2.24, 2.45) is 7.05 Å². The first-order valence-electron chi connectivity index (χ1n) is 12.1. The van der Waals surface area contributed by atoms with Crippen LogP contribution in [-0.2, 0) is 27.9 Å². The van der Waals surface area contributed by atoms with E-state index in [1.54, 1.807) is 59.5 Å². The minimum absolute atomic E-state index is 0.00306. The predicted molar refractivity (Wildman–Crippen MR) is 140 cm³/mol. The Morgan fingerprint density at radius 3 is 2.50 bits per heavy atom. The van der Waals surface area contributed by atoms with Crippen molar-refractivity contribution in [3.63, 3.8) is 0 Å². The lowest BCUT2D eigenvalue weighted by atomic mass is 10.1. The molecular formula is C27H38N4O5. The summed E-state index contributed by atoms with van der Waals surface area (Å²) in [5.74, 6) is 0.248. The third-order valence-corrected chi connectivity index (χ3v) is 5.89.